The number of anilines is 1. The van der Waals surface area contributed by atoms with Crippen LogP contribution < -0.4 is 16.1 Å². The molecule has 7 heteroatoms. The second kappa shape index (κ2) is 8.97. The minimum atomic E-state index is -0.356. The SMILES string of the molecule is Cc1ccc(Cn2c(N3CCC(Cc4ccccc4)CC3)nc3c2c(=O)n(C)c(=O)n3C)cc1. The molecule has 2 aromatic heterocycles. The van der Waals surface area contributed by atoms with E-state index in [1.165, 1.54) is 27.3 Å². The van der Waals surface area contributed by atoms with Crippen LogP contribution in [0, 0.1) is 12.8 Å². The van der Waals surface area contributed by atoms with E-state index in [9.17, 15) is 9.59 Å². The van der Waals surface area contributed by atoms with Crippen molar-refractivity contribution in [1.82, 2.24) is 18.7 Å². The molecule has 0 atom stereocenters. The zero-order valence-electron chi connectivity index (χ0n) is 20.1. The Bertz CT molecular complexity index is 1420. The van der Waals surface area contributed by atoms with Crippen molar-refractivity contribution in [3.05, 3.63) is 92.1 Å². The van der Waals surface area contributed by atoms with E-state index in [1.54, 1.807) is 7.05 Å². The number of fused-ring (bicyclic) bond motifs is 1. The maximum absolute atomic E-state index is 13.2. The second-order valence-electron chi connectivity index (χ2n) is 9.48. The summed E-state index contributed by atoms with van der Waals surface area (Å²) in [5.41, 5.74) is 3.94. The molecule has 0 bridgehead atoms. The Morgan fingerprint density at radius 1 is 0.882 bits per heavy atom. The molecular weight excluding hydrogens is 426 g/mol. The number of rotatable bonds is 5. The Morgan fingerprint density at radius 2 is 1.56 bits per heavy atom. The average Bonchev–Trinajstić information content (AvgIpc) is 3.23. The largest absolute Gasteiger partial charge is 0.342 e. The van der Waals surface area contributed by atoms with Crippen LogP contribution in [-0.2, 0) is 27.1 Å². The van der Waals surface area contributed by atoms with Gasteiger partial charge in [0.05, 0.1) is 6.54 Å². The molecule has 5 rings (SSSR count). The van der Waals surface area contributed by atoms with Crippen LogP contribution in [0.4, 0.5) is 5.95 Å². The maximum atomic E-state index is 13.2. The average molecular weight is 458 g/mol. The van der Waals surface area contributed by atoms with Gasteiger partial charge in [-0.3, -0.25) is 18.5 Å². The van der Waals surface area contributed by atoms with Gasteiger partial charge < -0.3 is 4.90 Å². The molecule has 1 fully saturated rings. The van der Waals surface area contributed by atoms with Gasteiger partial charge in [0.25, 0.3) is 5.56 Å². The van der Waals surface area contributed by atoms with Crippen LogP contribution in [0.25, 0.3) is 11.2 Å². The standard InChI is InChI=1S/C27H31N5O2/c1-19-9-11-22(12-10-19)18-32-23-24(29(2)27(34)30(3)25(23)33)28-26(32)31-15-13-21(14-16-31)17-20-7-5-4-6-8-20/h4-12,21H,13-18H2,1-3H3. The molecule has 0 saturated carbocycles. The zero-order chi connectivity index (χ0) is 23.8. The highest BCUT2D eigenvalue weighted by Crippen LogP contribution is 2.28. The van der Waals surface area contributed by atoms with E-state index in [1.807, 2.05) is 4.57 Å². The minimum Gasteiger partial charge on any atom is -0.342 e. The van der Waals surface area contributed by atoms with E-state index in [-0.39, 0.29) is 11.2 Å². The quantitative estimate of drug-likeness (QED) is 0.462. The summed E-state index contributed by atoms with van der Waals surface area (Å²) in [5, 5.41) is 0. The number of benzene rings is 2. The molecule has 0 spiro atoms. The van der Waals surface area contributed by atoms with Crippen molar-refractivity contribution in [1.29, 1.82) is 0 Å². The number of nitrogens with zero attached hydrogens (tertiary/aromatic N) is 5. The van der Waals surface area contributed by atoms with Gasteiger partial charge in [0.15, 0.2) is 11.2 Å². The second-order valence-corrected chi connectivity index (χ2v) is 9.48. The zero-order valence-corrected chi connectivity index (χ0v) is 20.1. The van der Waals surface area contributed by atoms with Crippen LogP contribution in [0.1, 0.15) is 29.5 Å². The molecule has 1 aliphatic rings. The van der Waals surface area contributed by atoms with E-state index >= 15 is 0 Å². The van der Waals surface area contributed by atoms with Crippen LogP contribution in [0.15, 0.2) is 64.2 Å². The molecule has 4 aromatic rings. The fraction of sp³-hybridized carbons (Fsp3) is 0.370. The van der Waals surface area contributed by atoms with Gasteiger partial charge in [-0.15, -0.1) is 0 Å². The molecule has 7 nitrogen and oxygen atoms in total. The molecular formula is C27H31N5O2. The van der Waals surface area contributed by atoms with Crippen LogP contribution in [0.5, 0.6) is 0 Å². The van der Waals surface area contributed by atoms with Crippen LogP contribution in [0.2, 0.25) is 0 Å². The van der Waals surface area contributed by atoms with Gasteiger partial charge in [-0.1, -0.05) is 60.2 Å². The molecule has 0 amide bonds. The number of aromatic nitrogens is 4. The third-order valence-electron chi connectivity index (χ3n) is 7.05. The number of piperidine rings is 1. The normalized spacial score (nSPS) is 14.7. The van der Waals surface area contributed by atoms with E-state index in [0.717, 1.165) is 43.9 Å². The van der Waals surface area contributed by atoms with Crippen molar-refractivity contribution in [3.8, 4) is 0 Å². The predicted molar refractivity (Wildman–Crippen MR) is 136 cm³/mol. The first-order chi connectivity index (χ1) is 16.4. The van der Waals surface area contributed by atoms with Gasteiger partial charge in [0, 0.05) is 27.2 Å². The van der Waals surface area contributed by atoms with Gasteiger partial charge in [-0.25, -0.2) is 4.79 Å². The van der Waals surface area contributed by atoms with Crippen molar-refractivity contribution in [3.63, 3.8) is 0 Å². The molecule has 2 aromatic carbocycles. The van der Waals surface area contributed by atoms with Gasteiger partial charge in [0.2, 0.25) is 5.95 Å². The van der Waals surface area contributed by atoms with Crippen molar-refractivity contribution in [2.45, 2.75) is 32.7 Å². The fourth-order valence-electron chi connectivity index (χ4n) is 4.99. The van der Waals surface area contributed by atoms with E-state index in [2.05, 4.69) is 66.4 Å². The first-order valence-corrected chi connectivity index (χ1v) is 11.9. The van der Waals surface area contributed by atoms with Crippen molar-refractivity contribution in [2.24, 2.45) is 20.0 Å². The lowest BCUT2D eigenvalue weighted by Gasteiger charge is -2.33. The Hall–Kier alpha value is -3.61. The monoisotopic (exact) mass is 457 g/mol. The van der Waals surface area contributed by atoms with Crippen molar-refractivity contribution < 1.29 is 0 Å². The number of imidazole rings is 1. The lowest BCUT2D eigenvalue weighted by atomic mass is 9.90. The molecule has 0 aliphatic carbocycles. The van der Waals surface area contributed by atoms with Gasteiger partial charge in [-0.05, 0) is 43.2 Å². The molecule has 0 radical (unpaired) electrons. The minimum absolute atomic E-state index is 0.303. The fourth-order valence-corrected chi connectivity index (χ4v) is 4.99. The summed E-state index contributed by atoms with van der Waals surface area (Å²) in [4.78, 5) is 32.9. The highest BCUT2D eigenvalue weighted by molar-refractivity contribution is 5.74. The summed E-state index contributed by atoms with van der Waals surface area (Å²) in [5.74, 6) is 1.40. The first kappa shape index (κ1) is 22.2. The molecule has 3 heterocycles. The van der Waals surface area contributed by atoms with E-state index in [0.29, 0.717) is 23.6 Å². The number of hydrogen-bond donors (Lipinski definition) is 0. The molecule has 176 valence electrons. The molecule has 0 unspecified atom stereocenters. The predicted octanol–water partition coefficient (Wildman–Crippen LogP) is 3.25. The summed E-state index contributed by atoms with van der Waals surface area (Å²) in [6.45, 7) is 4.35. The lowest BCUT2D eigenvalue weighted by molar-refractivity contribution is 0.399. The Kier molecular flexibility index (Phi) is 5.86. The van der Waals surface area contributed by atoms with Crippen LogP contribution in [0.3, 0.4) is 0 Å². The van der Waals surface area contributed by atoms with E-state index in [4.69, 9.17) is 4.98 Å². The van der Waals surface area contributed by atoms with Crippen LogP contribution in [-0.4, -0.2) is 31.8 Å². The Labute approximate surface area is 198 Å². The van der Waals surface area contributed by atoms with Crippen molar-refractivity contribution >= 4 is 17.1 Å². The summed E-state index contributed by atoms with van der Waals surface area (Å²) < 4.78 is 4.65. The highest BCUT2D eigenvalue weighted by atomic mass is 16.2. The molecule has 0 N–H and O–H groups in total. The first-order valence-electron chi connectivity index (χ1n) is 11.9. The van der Waals surface area contributed by atoms with Crippen LogP contribution >= 0.6 is 0 Å². The van der Waals surface area contributed by atoms with Gasteiger partial charge in [0.1, 0.15) is 0 Å². The third-order valence-corrected chi connectivity index (χ3v) is 7.05. The Balaban J connectivity index is 1.51. The van der Waals surface area contributed by atoms with Gasteiger partial charge in [-0.2, -0.15) is 4.98 Å². The summed E-state index contributed by atoms with van der Waals surface area (Å²) in [6, 6.07) is 19.0. The number of hydrogen-bond acceptors (Lipinski definition) is 4. The Morgan fingerprint density at radius 3 is 2.24 bits per heavy atom. The van der Waals surface area contributed by atoms with Gasteiger partial charge >= 0.3 is 5.69 Å². The third kappa shape index (κ3) is 4.06. The van der Waals surface area contributed by atoms with E-state index < -0.39 is 0 Å². The summed E-state index contributed by atoms with van der Waals surface area (Å²) in [7, 11) is 3.21. The highest BCUT2D eigenvalue weighted by Gasteiger charge is 2.26. The summed E-state index contributed by atoms with van der Waals surface area (Å²) in [6.07, 6.45) is 3.22. The number of aryl methyl sites for hydroxylation is 2. The molecule has 34 heavy (non-hydrogen) atoms. The maximum Gasteiger partial charge on any atom is 0.332 e. The molecule has 1 aliphatic heterocycles. The van der Waals surface area contributed by atoms with Crippen molar-refractivity contribution in [2.75, 3.05) is 18.0 Å². The molecule has 1 saturated heterocycles. The topological polar surface area (TPSA) is 65.1 Å². The lowest BCUT2D eigenvalue weighted by Crippen LogP contribution is -2.38. The smallest absolute Gasteiger partial charge is 0.332 e. The summed E-state index contributed by atoms with van der Waals surface area (Å²) >= 11 is 0.